The van der Waals surface area contributed by atoms with Crippen molar-refractivity contribution in [1.29, 1.82) is 0 Å². The van der Waals surface area contributed by atoms with Gasteiger partial charge in [-0.3, -0.25) is 19.8 Å². The number of hydrogen-bond donors (Lipinski definition) is 2. The number of carbonyl (C=O) groups is 2. The lowest BCUT2D eigenvalue weighted by atomic mass is 10.2. The summed E-state index contributed by atoms with van der Waals surface area (Å²) in [5.41, 5.74) is 0.499. The van der Waals surface area contributed by atoms with E-state index in [0.717, 1.165) is 0 Å². The molecule has 19 heavy (non-hydrogen) atoms. The van der Waals surface area contributed by atoms with Gasteiger partial charge in [0.15, 0.2) is 0 Å². The number of thioether (sulfide) groups is 1. The van der Waals surface area contributed by atoms with Gasteiger partial charge in [-0.05, 0) is 18.2 Å². The summed E-state index contributed by atoms with van der Waals surface area (Å²) in [7, 11) is 0. The van der Waals surface area contributed by atoms with Crippen molar-refractivity contribution in [2.75, 3.05) is 23.1 Å². The van der Waals surface area contributed by atoms with Crippen LogP contribution >= 0.6 is 23.4 Å². The average molecular weight is 301 g/mol. The summed E-state index contributed by atoms with van der Waals surface area (Å²) < 4.78 is 0. The van der Waals surface area contributed by atoms with Crippen molar-refractivity contribution in [3.05, 3.63) is 29.3 Å². The number of amides is 1. The maximum Gasteiger partial charge on any atom is 0.323 e. The number of halogens is 1. The summed E-state index contributed by atoms with van der Waals surface area (Å²) in [6, 6.07) is 6.29. The zero-order chi connectivity index (χ0) is 13.8. The predicted molar refractivity (Wildman–Crippen MR) is 75.7 cm³/mol. The third-order valence-corrected chi connectivity index (χ3v) is 3.87. The minimum Gasteiger partial charge on any atom is -0.480 e. The van der Waals surface area contributed by atoms with Crippen LogP contribution in [0.2, 0.25) is 5.02 Å². The van der Waals surface area contributed by atoms with Gasteiger partial charge in [-0.1, -0.05) is 17.7 Å². The van der Waals surface area contributed by atoms with Gasteiger partial charge in [0.25, 0.3) is 0 Å². The fraction of sp³-hybridized carbons (Fsp3) is 0.333. The van der Waals surface area contributed by atoms with Crippen LogP contribution in [-0.4, -0.2) is 41.2 Å². The Bertz CT molecular complexity index is 492. The number of aliphatic carboxylic acids is 1. The van der Waals surface area contributed by atoms with Crippen molar-refractivity contribution in [3.8, 4) is 0 Å². The first kappa shape index (κ1) is 14.2. The smallest absolute Gasteiger partial charge is 0.323 e. The second-order valence-corrected chi connectivity index (χ2v) is 5.54. The minimum atomic E-state index is -1.06. The van der Waals surface area contributed by atoms with Gasteiger partial charge in [0.1, 0.15) is 6.54 Å². The summed E-state index contributed by atoms with van der Waals surface area (Å²) in [6.07, 6.45) is 0. The first-order valence-electron chi connectivity index (χ1n) is 5.68. The number of nitrogens with one attached hydrogen (secondary N) is 1. The Morgan fingerprint density at radius 3 is 2.89 bits per heavy atom. The Morgan fingerprint density at radius 2 is 2.32 bits per heavy atom. The van der Waals surface area contributed by atoms with Crippen LogP contribution in [-0.2, 0) is 9.59 Å². The van der Waals surface area contributed by atoms with Crippen molar-refractivity contribution in [1.82, 2.24) is 5.32 Å². The Morgan fingerprint density at radius 1 is 1.53 bits per heavy atom. The second kappa shape index (κ2) is 6.27. The molecule has 102 valence electrons. The molecular formula is C12H13ClN2O3S. The normalized spacial score (nSPS) is 18.3. The third kappa shape index (κ3) is 3.62. The second-order valence-electron chi connectivity index (χ2n) is 4.07. The Balaban J connectivity index is 2.24. The Kier molecular flexibility index (Phi) is 4.68. The van der Waals surface area contributed by atoms with Crippen molar-refractivity contribution in [2.45, 2.75) is 6.04 Å². The number of anilines is 1. The number of hydrogen-bond acceptors (Lipinski definition) is 4. The largest absolute Gasteiger partial charge is 0.480 e. The molecule has 2 rings (SSSR count). The first-order valence-corrected chi connectivity index (χ1v) is 7.21. The van der Waals surface area contributed by atoms with Crippen molar-refractivity contribution in [3.63, 3.8) is 0 Å². The molecular weight excluding hydrogens is 288 g/mol. The molecule has 1 aromatic rings. The number of rotatable bonds is 4. The summed E-state index contributed by atoms with van der Waals surface area (Å²) in [5.74, 6) is 0.0520. The molecule has 7 heteroatoms. The van der Waals surface area contributed by atoms with Crippen molar-refractivity contribution < 1.29 is 14.7 Å². The van der Waals surface area contributed by atoms with Gasteiger partial charge in [0.2, 0.25) is 5.91 Å². The topological polar surface area (TPSA) is 69.6 Å². The zero-order valence-corrected chi connectivity index (χ0v) is 11.6. The van der Waals surface area contributed by atoms with Crippen LogP contribution < -0.4 is 10.2 Å². The summed E-state index contributed by atoms with van der Waals surface area (Å²) >= 11 is 7.50. The molecule has 0 bridgehead atoms. The predicted octanol–water partition coefficient (Wildman–Crippen LogP) is 1.42. The summed E-state index contributed by atoms with van der Waals surface area (Å²) in [5, 5.41) is 12.5. The van der Waals surface area contributed by atoms with E-state index in [1.54, 1.807) is 36.0 Å². The van der Waals surface area contributed by atoms with Crippen LogP contribution in [0, 0.1) is 0 Å². The van der Waals surface area contributed by atoms with E-state index in [0.29, 0.717) is 22.3 Å². The zero-order valence-electron chi connectivity index (χ0n) is 10.0. The molecule has 1 saturated heterocycles. The van der Waals surface area contributed by atoms with Gasteiger partial charge in [-0.2, -0.15) is 0 Å². The fourth-order valence-corrected chi connectivity index (χ4v) is 2.94. The van der Waals surface area contributed by atoms with Crippen LogP contribution in [0.3, 0.4) is 0 Å². The lowest BCUT2D eigenvalue weighted by Gasteiger charge is -2.24. The molecule has 1 heterocycles. The van der Waals surface area contributed by atoms with E-state index in [9.17, 15) is 9.59 Å². The molecule has 0 aromatic heterocycles. The molecule has 1 amide bonds. The molecule has 1 aliphatic rings. The quantitative estimate of drug-likeness (QED) is 0.880. The van der Waals surface area contributed by atoms with Crippen LogP contribution in [0.15, 0.2) is 24.3 Å². The number of carbonyl (C=O) groups excluding carboxylic acids is 1. The number of benzene rings is 1. The van der Waals surface area contributed by atoms with Gasteiger partial charge < -0.3 is 5.11 Å². The number of nitrogens with zero attached hydrogens (tertiary/aromatic N) is 1. The van der Waals surface area contributed by atoms with Crippen LogP contribution in [0.4, 0.5) is 5.69 Å². The third-order valence-electron chi connectivity index (χ3n) is 2.69. The molecule has 1 unspecified atom stereocenters. The van der Waals surface area contributed by atoms with E-state index >= 15 is 0 Å². The standard InChI is InChI=1S/C12H13ClN2O3S/c13-8-2-1-3-9(4-8)15(5-11(16)17)12(18)10-6-19-7-14-10/h1-4,10,14H,5-7H2,(H,16,17). The highest BCUT2D eigenvalue weighted by Crippen LogP contribution is 2.22. The van der Waals surface area contributed by atoms with E-state index in [2.05, 4.69) is 5.32 Å². The molecule has 0 radical (unpaired) electrons. The van der Waals surface area contributed by atoms with Gasteiger partial charge in [-0.15, -0.1) is 11.8 Å². The van der Waals surface area contributed by atoms with E-state index in [1.807, 2.05) is 0 Å². The Hall–Kier alpha value is -1.24. The maximum atomic E-state index is 12.3. The fourth-order valence-electron chi connectivity index (χ4n) is 1.82. The molecule has 0 saturated carbocycles. The van der Waals surface area contributed by atoms with Crippen LogP contribution in [0.5, 0.6) is 0 Å². The highest BCUT2D eigenvalue weighted by Gasteiger charge is 2.29. The lowest BCUT2D eigenvalue weighted by Crippen LogP contribution is -2.47. The highest BCUT2D eigenvalue weighted by atomic mass is 35.5. The SMILES string of the molecule is O=C(O)CN(C(=O)C1CSCN1)c1cccc(Cl)c1. The van der Waals surface area contributed by atoms with Crippen LogP contribution in [0.1, 0.15) is 0 Å². The molecule has 5 nitrogen and oxygen atoms in total. The molecule has 1 atom stereocenters. The lowest BCUT2D eigenvalue weighted by molar-refractivity contribution is -0.136. The van der Waals surface area contributed by atoms with E-state index in [1.165, 1.54) is 4.90 Å². The summed E-state index contributed by atoms with van der Waals surface area (Å²) in [4.78, 5) is 24.5. The van der Waals surface area contributed by atoms with Crippen molar-refractivity contribution >= 4 is 40.9 Å². The van der Waals surface area contributed by atoms with Crippen LogP contribution in [0.25, 0.3) is 0 Å². The van der Waals surface area contributed by atoms with Gasteiger partial charge in [0.05, 0.1) is 6.04 Å². The van der Waals surface area contributed by atoms with E-state index < -0.39 is 5.97 Å². The van der Waals surface area contributed by atoms with Gasteiger partial charge >= 0.3 is 5.97 Å². The van der Waals surface area contributed by atoms with E-state index in [4.69, 9.17) is 16.7 Å². The van der Waals surface area contributed by atoms with Gasteiger partial charge in [-0.25, -0.2) is 0 Å². The van der Waals surface area contributed by atoms with E-state index in [-0.39, 0.29) is 18.5 Å². The average Bonchev–Trinajstić information content (AvgIpc) is 2.88. The molecule has 0 aliphatic carbocycles. The molecule has 1 aliphatic heterocycles. The number of carboxylic acid groups (broad SMARTS) is 1. The molecule has 1 fully saturated rings. The monoisotopic (exact) mass is 300 g/mol. The Labute approximate surface area is 119 Å². The molecule has 1 aromatic carbocycles. The molecule has 2 N–H and O–H groups in total. The van der Waals surface area contributed by atoms with Gasteiger partial charge in [0, 0.05) is 22.3 Å². The highest BCUT2D eigenvalue weighted by molar-refractivity contribution is 7.99. The first-order chi connectivity index (χ1) is 9.08. The molecule has 0 spiro atoms. The minimum absolute atomic E-state index is 0.241. The number of carboxylic acids is 1. The maximum absolute atomic E-state index is 12.3. The van der Waals surface area contributed by atoms with Crippen molar-refractivity contribution in [2.24, 2.45) is 0 Å². The summed E-state index contributed by atoms with van der Waals surface area (Å²) in [6.45, 7) is -0.373.